The Labute approximate surface area is 108 Å². The SMILES string of the molecule is COc1ccnc(Sc2ccccc2C(=O)O)n1. The summed E-state index contributed by atoms with van der Waals surface area (Å²) >= 11 is 1.19. The standard InChI is InChI=1S/C12H10N2O3S/c1-17-10-6-7-13-12(14-10)18-9-5-3-2-4-8(9)11(15)16/h2-7H,1H3,(H,15,16). The van der Waals surface area contributed by atoms with Crippen LogP contribution in [-0.2, 0) is 0 Å². The van der Waals surface area contributed by atoms with Gasteiger partial charge < -0.3 is 9.84 Å². The van der Waals surface area contributed by atoms with Crippen LogP contribution in [-0.4, -0.2) is 28.2 Å². The molecule has 0 bridgehead atoms. The van der Waals surface area contributed by atoms with Crippen molar-refractivity contribution in [2.24, 2.45) is 0 Å². The molecule has 0 aliphatic heterocycles. The minimum absolute atomic E-state index is 0.230. The number of hydrogen-bond donors (Lipinski definition) is 1. The van der Waals surface area contributed by atoms with E-state index in [-0.39, 0.29) is 5.56 Å². The molecule has 0 fully saturated rings. The highest BCUT2D eigenvalue weighted by Crippen LogP contribution is 2.28. The van der Waals surface area contributed by atoms with E-state index in [9.17, 15) is 4.79 Å². The van der Waals surface area contributed by atoms with Crippen molar-refractivity contribution in [3.63, 3.8) is 0 Å². The van der Waals surface area contributed by atoms with E-state index in [0.29, 0.717) is 15.9 Å². The van der Waals surface area contributed by atoms with Crippen LogP contribution in [0.25, 0.3) is 0 Å². The molecule has 2 rings (SSSR count). The normalized spacial score (nSPS) is 10.1. The number of methoxy groups -OCH3 is 1. The number of rotatable bonds is 4. The molecule has 1 aromatic carbocycles. The van der Waals surface area contributed by atoms with Crippen molar-refractivity contribution in [2.45, 2.75) is 10.1 Å². The monoisotopic (exact) mass is 262 g/mol. The van der Waals surface area contributed by atoms with Crippen LogP contribution in [0.5, 0.6) is 5.88 Å². The summed E-state index contributed by atoms with van der Waals surface area (Å²) in [6.45, 7) is 0. The first kappa shape index (κ1) is 12.4. The molecular formula is C12H10N2O3S. The van der Waals surface area contributed by atoms with Crippen molar-refractivity contribution in [3.05, 3.63) is 42.1 Å². The fourth-order valence-corrected chi connectivity index (χ4v) is 2.18. The maximum absolute atomic E-state index is 11.1. The van der Waals surface area contributed by atoms with E-state index in [1.165, 1.54) is 18.9 Å². The predicted octanol–water partition coefficient (Wildman–Crippen LogP) is 2.33. The summed E-state index contributed by atoms with van der Waals surface area (Å²) in [5.74, 6) is -0.527. The molecule has 0 aliphatic carbocycles. The van der Waals surface area contributed by atoms with Crippen LogP contribution in [0.1, 0.15) is 10.4 Å². The Bertz CT molecular complexity index is 575. The number of carboxylic acid groups (broad SMARTS) is 1. The lowest BCUT2D eigenvalue weighted by molar-refractivity contribution is 0.0693. The summed E-state index contributed by atoms with van der Waals surface area (Å²) in [4.78, 5) is 19.8. The molecule has 92 valence electrons. The van der Waals surface area contributed by atoms with Gasteiger partial charge in [-0.1, -0.05) is 12.1 Å². The maximum Gasteiger partial charge on any atom is 0.336 e. The Balaban J connectivity index is 2.31. The Kier molecular flexibility index (Phi) is 3.78. The number of nitrogens with zero attached hydrogens (tertiary/aromatic N) is 2. The molecule has 0 saturated heterocycles. The third-order valence-corrected chi connectivity index (χ3v) is 3.09. The minimum atomic E-state index is -0.971. The molecule has 0 atom stereocenters. The average Bonchev–Trinajstić information content (AvgIpc) is 2.39. The van der Waals surface area contributed by atoms with Crippen molar-refractivity contribution in [2.75, 3.05) is 7.11 Å². The lowest BCUT2D eigenvalue weighted by Gasteiger charge is -2.05. The predicted molar refractivity (Wildman–Crippen MR) is 66.1 cm³/mol. The fraction of sp³-hybridized carbons (Fsp3) is 0.0833. The van der Waals surface area contributed by atoms with Gasteiger partial charge in [0.25, 0.3) is 0 Å². The average molecular weight is 262 g/mol. The van der Waals surface area contributed by atoms with E-state index < -0.39 is 5.97 Å². The first-order valence-corrected chi connectivity index (χ1v) is 5.89. The lowest BCUT2D eigenvalue weighted by Crippen LogP contribution is -1.99. The highest BCUT2D eigenvalue weighted by molar-refractivity contribution is 7.99. The van der Waals surface area contributed by atoms with E-state index in [4.69, 9.17) is 9.84 Å². The van der Waals surface area contributed by atoms with Gasteiger partial charge in [0, 0.05) is 17.2 Å². The molecule has 0 spiro atoms. The van der Waals surface area contributed by atoms with Gasteiger partial charge in [0.05, 0.1) is 12.7 Å². The summed E-state index contributed by atoms with van der Waals surface area (Å²) < 4.78 is 4.99. The maximum atomic E-state index is 11.1. The van der Waals surface area contributed by atoms with Crippen molar-refractivity contribution in [1.29, 1.82) is 0 Å². The number of carboxylic acids is 1. The van der Waals surface area contributed by atoms with E-state index in [1.54, 1.807) is 36.5 Å². The van der Waals surface area contributed by atoms with Crippen LogP contribution in [0.4, 0.5) is 0 Å². The zero-order valence-electron chi connectivity index (χ0n) is 9.53. The van der Waals surface area contributed by atoms with E-state index in [0.717, 1.165) is 0 Å². The molecule has 0 aliphatic rings. The third-order valence-electron chi connectivity index (χ3n) is 2.14. The fourth-order valence-electron chi connectivity index (χ4n) is 1.32. The number of aromatic nitrogens is 2. The summed E-state index contributed by atoms with van der Waals surface area (Å²) in [6, 6.07) is 8.35. The Morgan fingerprint density at radius 3 is 2.83 bits per heavy atom. The van der Waals surface area contributed by atoms with Gasteiger partial charge in [0.2, 0.25) is 5.88 Å². The van der Waals surface area contributed by atoms with Gasteiger partial charge in [-0.3, -0.25) is 0 Å². The quantitative estimate of drug-likeness (QED) is 0.853. The van der Waals surface area contributed by atoms with Crippen LogP contribution < -0.4 is 4.74 Å². The molecule has 0 radical (unpaired) electrons. The second-order valence-electron chi connectivity index (χ2n) is 3.28. The molecule has 18 heavy (non-hydrogen) atoms. The Hall–Kier alpha value is -2.08. The zero-order valence-corrected chi connectivity index (χ0v) is 10.3. The highest BCUT2D eigenvalue weighted by Gasteiger charge is 2.11. The highest BCUT2D eigenvalue weighted by atomic mass is 32.2. The van der Waals surface area contributed by atoms with Crippen molar-refractivity contribution in [1.82, 2.24) is 9.97 Å². The molecule has 0 saturated carbocycles. The lowest BCUT2D eigenvalue weighted by atomic mass is 10.2. The second-order valence-corrected chi connectivity index (χ2v) is 4.29. The number of benzene rings is 1. The first-order valence-electron chi connectivity index (χ1n) is 5.08. The van der Waals surface area contributed by atoms with Crippen LogP contribution >= 0.6 is 11.8 Å². The molecule has 2 aromatic rings. The van der Waals surface area contributed by atoms with Crippen LogP contribution in [0.2, 0.25) is 0 Å². The molecule has 1 aromatic heterocycles. The summed E-state index contributed by atoms with van der Waals surface area (Å²) in [7, 11) is 1.52. The third kappa shape index (κ3) is 2.78. The van der Waals surface area contributed by atoms with E-state index in [1.807, 2.05) is 0 Å². The van der Waals surface area contributed by atoms with Gasteiger partial charge in [0.15, 0.2) is 5.16 Å². The van der Waals surface area contributed by atoms with E-state index in [2.05, 4.69) is 9.97 Å². The second kappa shape index (κ2) is 5.50. The summed E-state index contributed by atoms with van der Waals surface area (Å²) in [5.41, 5.74) is 0.230. The largest absolute Gasteiger partial charge is 0.481 e. The van der Waals surface area contributed by atoms with Crippen molar-refractivity contribution >= 4 is 17.7 Å². The summed E-state index contributed by atoms with van der Waals surface area (Å²) in [5, 5.41) is 9.51. The number of ether oxygens (including phenoxy) is 1. The Morgan fingerprint density at radius 2 is 2.11 bits per heavy atom. The number of carbonyl (C=O) groups is 1. The first-order chi connectivity index (χ1) is 8.70. The number of aromatic carboxylic acids is 1. The molecule has 1 N–H and O–H groups in total. The van der Waals surface area contributed by atoms with Gasteiger partial charge in [-0.25, -0.2) is 9.78 Å². The van der Waals surface area contributed by atoms with E-state index >= 15 is 0 Å². The topological polar surface area (TPSA) is 72.3 Å². The van der Waals surface area contributed by atoms with Gasteiger partial charge in [-0.15, -0.1) is 0 Å². The molecule has 1 heterocycles. The molecule has 5 nitrogen and oxygen atoms in total. The van der Waals surface area contributed by atoms with Crippen molar-refractivity contribution < 1.29 is 14.6 Å². The van der Waals surface area contributed by atoms with Crippen LogP contribution in [0, 0.1) is 0 Å². The van der Waals surface area contributed by atoms with Gasteiger partial charge in [-0.05, 0) is 23.9 Å². The van der Waals surface area contributed by atoms with Gasteiger partial charge >= 0.3 is 5.97 Å². The molecule has 0 unspecified atom stereocenters. The molecule has 0 amide bonds. The van der Waals surface area contributed by atoms with Gasteiger partial charge in [-0.2, -0.15) is 4.98 Å². The number of hydrogen-bond acceptors (Lipinski definition) is 5. The Morgan fingerprint density at radius 1 is 1.33 bits per heavy atom. The summed E-state index contributed by atoms with van der Waals surface area (Å²) in [6.07, 6.45) is 1.57. The van der Waals surface area contributed by atoms with Crippen LogP contribution in [0.3, 0.4) is 0 Å². The molecular weight excluding hydrogens is 252 g/mol. The smallest absolute Gasteiger partial charge is 0.336 e. The van der Waals surface area contributed by atoms with Crippen LogP contribution in [0.15, 0.2) is 46.6 Å². The van der Waals surface area contributed by atoms with Gasteiger partial charge in [0.1, 0.15) is 0 Å². The van der Waals surface area contributed by atoms with Crippen molar-refractivity contribution in [3.8, 4) is 5.88 Å². The minimum Gasteiger partial charge on any atom is -0.481 e. The zero-order chi connectivity index (χ0) is 13.0. The molecule has 6 heteroatoms.